The normalized spacial score (nSPS) is 11.6. The van der Waals surface area contributed by atoms with Crippen molar-refractivity contribution in [2.24, 2.45) is 0 Å². The maximum absolute atomic E-state index is 6.30. The standard InChI is InChI=1S/C15H15Cl2N/c1-15(2,10-6-4-3-5-7-10)11-8-13(17)14(18)9-12(11)16/h3-9H,18H2,1-2H3. The molecular weight excluding hydrogens is 265 g/mol. The van der Waals surface area contributed by atoms with Crippen LogP contribution in [0.5, 0.6) is 0 Å². The molecule has 3 heteroatoms. The van der Waals surface area contributed by atoms with Gasteiger partial charge in [-0.3, -0.25) is 0 Å². The monoisotopic (exact) mass is 279 g/mol. The van der Waals surface area contributed by atoms with E-state index in [0.29, 0.717) is 15.7 Å². The molecule has 2 aromatic rings. The van der Waals surface area contributed by atoms with Gasteiger partial charge in [0.15, 0.2) is 0 Å². The summed E-state index contributed by atoms with van der Waals surface area (Å²) in [6, 6.07) is 13.8. The summed E-state index contributed by atoms with van der Waals surface area (Å²) in [6.07, 6.45) is 0. The topological polar surface area (TPSA) is 26.0 Å². The van der Waals surface area contributed by atoms with E-state index in [1.807, 2.05) is 24.3 Å². The third kappa shape index (κ3) is 2.33. The van der Waals surface area contributed by atoms with Crippen molar-refractivity contribution in [3.8, 4) is 0 Å². The maximum atomic E-state index is 6.30. The highest BCUT2D eigenvalue weighted by Gasteiger charge is 2.26. The number of hydrogen-bond donors (Lipinski definition) is 1. The van der Waals surface area contributed by atoms with Crippen LogP contribution in [0.25, 0.3) is 0 Å². The fraction of sp³-hybridized carbons (Fsp3) is 0.200. The van der Waals surface area contributed by atoms with E-state index in [1.54, 1.807) is 6.07 Å². The van der Waals surface area contributed by atoms with Crippen molar-refractivity contribution in [1.82, 2.24) is 0 Å². The molecule has 0 aliphatic rings. The first-order chi connectivity index (χ1) is 8.43. The van der Waals surface area contributed by atoms with Crippen molar-refractivity contribution in [2.45, 2.75) is 19.3 Å². The molecule has 0 saturated heterocycles. The number of benzene rings is 2. The third-order valence-corrected chi connectivity index (χ3v) is 3.90. The maximum Gasteiger partial charge on any atom is 0.0639 e. The summed E-state index contributed by atoms with van der Waals surface area (Å²) in [5, 5.41) is 1.18. The van der Waals surface area contributed by atoms with Gasteiger partial charge in [0.2, 0.25) is 0 Å². The molecule has 0 aromatic heterocycles. The van der Waals surface area contributed by atoms with Crippen LogP contribution in [0.2, 0.25) is 10.0 Å². The largest absolute Gasteiger partial charge is 0.397 e. The molecule has 0 fully saturated rings. The Kier molecular flexibility index (Phi) is 3.56. The Morgan fingerprint density at radius 1 is 0.944 bits per heavy atom. The summed E-state index contributed by atoms with van der Waals surface area (Å²) in [5.41, 5.74) is 8.22. The van der Waals surface area contributed by atoms with Crippen LogP contribution in [-0.4, -0.2) is 0 Å². The fourth-order valence-corrected chi connectivity index (χ4v) is 2.62. The third-order valence-electron chi connectivity index (χ3n) is 3.26. The molecule has 0 unspecified atom stereocenters. The average molecular weight is 280 g/mol. The van der Waals surface area contributed by atoms with Gasteiger partial charge in [0.1, 0.15) is 0 Å². The summed E-state index contributed by atoms with van der Waals surface area (Å²) >= 11 is 12.4. The van der Waals surface area contributed by atoms with Crippen molar-refractivity contribution in [3.05, 3.63) is 63.6 Å². The van der Waals surface area contributed by atoms with Crippen LogP contribution in [0.1, 0.15) is 25.0 Å². The van der Waals surface area contributed by atoms with Crippen molar-refractivity contribution in [3.63, 3.8) is 0 Å². The average Bonchev–Trinajstić information content (AvgIpc) is 2.34. The predicted molar refractivity (Wildman–Crippen MR) is 79.4 cm³/mol. The second-order valence-electron chi connectivity index (χ2n) is 4.84. The number of nitrogen functional groups attached to an aromatic ring is 1. The van der Waals surface area contributed by atoms with Crippen LogP contribution < -0.4 is 5.73 Å². The van der Waals surface area contributed by atoms with Crippen LogP contribution in [0.4, 0.5) is 5.69 Å². The van der Waals surface area contributed by atoms with Gasteiger partial charge in [-0.1, -0.05) is 67.4 Å². The van der Waals surface area contributed by atoms with Crippen LogP contribution >= 0.6 is 23.2 Å². The highest BCUT2D eigenvalue weighted by atomic mass is 35.5. The van der Waals surface area contributed by atoms with Crippen LogP contribution in [0, 0.1) is 0 Å². The molecule has 0 heterocycles. The lowest BCUT2D eigenvalue weighted by atomic mass is 9.78. The van der Waals surface area contributed by atoms with E-state index in [2.05, 4.69) is 26.0 Å². The van der Waals surface area contributed by atoms with E-state index in [1.165, 1.54) is 5.56 Å². The SMILES string of the molecule is CC(C)(c1ccccc1)c1cc(Cl)c(N)cc1Cl. The zero-order chi connectivity index (χ0) is 13.3. The van der Waals surface area contributed by atoms with Crippen molar-refractivity contribution in [2.75, 3.05) is 5.73 Å². The molecule has 2 rings (SSSR count). The Morgan fingerprint density at radius 2 is 1.56 bits per heavy atom. The lowest BCUT2D eigenvalue weighted by Gasteiger charge is -2.27. The van der Waals surface area contributed by atoms with E-state index >= 15 is 0 Å². The van der Waals surface area contributed by atoms with E-state index in [-0.39, 0.29) is 5.41 Å². The summed E-state index contributed by atoms with van der Waals surface area (Å²) in [7, 11) is 0. The number of nitrogens with two attached hydrogens (primary N) is 1. The molecule has 0 saturated carbocycles. The van der Waals surface area contributed by atoms with Gasteiger partial charge in [-0.25, -0.2) is 0 Å². The van der Waals surface area contributed by atoms with Crippen LogP contribution in [0.3, 0.4) is 0 Å². The van der Waals surface area contributed by atoms with Gasteiger partial charge < -0.3 is 5.73 Å². The molecule has 0 radical (unpaired) electrons. The Bertz CT molecular complexity index is 562. The van der Waals surface area contributed by atoms with Gasteiger partial charge in [0, 0.05) is 10.4 Å². The van der Waals surface area contributed by atoms with Crippen molar-refractivity contribution < 1.29 is 0 Å². The van der Waals surface area contributed by atoms with E-state index in [9.17, 15) is 0 Å². The first-order valence-electron chi connectivity index (χ1n) is 5.73. The first kappa shape index (κ1) is 13.3. The Balaban J connectivity index is 2.58. The number of anilines is 1. The Morgan fingerprint density at radius 3 is 2.17 bits per heavy atom. The number of halogens is 2. The van der Waals surface area contributed by atoms with Gasteiger partial charge in [-0.05, 0) is 23.3 Å². The summed E-state index contributed by atoms with van der Waals surface area (Å²) < 4.78 is 0. The summed E-state index contributed by atoms with van der Waals surface area (Å²) in [5.74, 6) is 0. The van der Waals surface area contributed by atoms with Gasteiger partial charge in [-0.15, -0.1) is 0 Å². The highest BCUT2D eigenvalue weighted by Crippen LogP contribution is 2.39. The molecule has 94 valence electrons. The van der Waals surface area contributed by atoms with Crippen molar-refractivity contribution in [1.29, 1.82) is 0 Å². The fourth-order valence-electron chi connectivity index (χ4n) is 2.05. The molecular formula is C15H15Cl2N. The molecule has 0 bridgehead atoms. The zero-order valence-electron chi connectivity index (χ0n) is 10.4. The summed E-state index contributed by atoms with van der Waals surface area (Å²) in [6.45, 7) is 4.24. The summed E-state index contributed by atoms with van der Waals surface area (Å²) in [4.78, 5) is 0. The molecule has 0 atom stereocenters. The lowest BCUT2D eigenvalue weighted by molar-refractivity contribution is 0.641. The van der Waals surface area contributed by atoms with Crippen LogP contribution in [-0.2, 0) is 5.41 Å². The van der Waals surface area contributed by atoms with Gasteiger partial charge in [0.05, 0.1) is 10.7 Å². The minimum atomic E-state index is -0.213. The Hall–Kier alpha value is -1.18. The Labute approximate surface area is 118 Å². The molecule has 0 amide bonds. The second-order valence-corrected chi connectivity index (χ2v) is 5.66. The molecule has 18 heavy (non-hydrogen) atoms. The highest BCUT2D eigenvalue weighted by molar-refractivity contribution is 6.35. The molecule has 1 nitrogen and oxygen atoms in total. The molecule has 2 aromatic carbocycles. The minimum Gasteiger partial charge on any atom is -0.397 e. The predicted octanol–water partition coefficient (Wildman–Crippen LogP) is 4.90. The van der Waals surface area contributed by atoms with E-state index in [4.69, 9.17) is 28.9 Å². The van der Waals surface area contributed by atoms with E-state index in [0.717, 1.165) is 5.56 Å². The second kappa shape index (κ2) is 4.83. The molecule has 0 aliphatic heterocycles. The quantitative estimate of drug-likeness (QED) is 0.778. The molecule has 2 N–H and O–H groups in total. The van der Waals surface area contributed by atoms with Gasteiger partial charge in [0.25, 0.3) is 0 Å². The first-order valence-corrected chi connectivity index (χ1v) is 6.49. The van der Waals surface area contributed by atoms with Crippen LogP contribution in [0.15, 0.2) is 42.5 Å². The number of hydrogen-bond acceptors (Lipinski definition) is 1. The van der Waals surface area contributed by atoms with Gasteiger partial charge >= 0.3 is 0 Å². The van der Waals surface area contributed by atoms with E-state index < -0.39 is 0 Å². The molecule has 0 aliphatic carbocycles. The van der Waals surface area contributed by atoms with Crippen molar-refractivity contribution >= 4 is 28.9 Å². The van der Waals surface area contributed by atoms with Gasteiger partial charge in [-0.2, -0.15) is 0 Å². The smallest absolute Gasteiger partial charge is 0.0639 e. The zero-order valence-corrected chi connectivity index (χ0v) is 11.9. The molecule has 0 spiro atoms. The number of rotatable bonds is 2. The minimum absolute atomic E-state index is 0.213. The lowest BCUT2D eigenvalue weighted by Crippen LogP contribution is -2.19.